The minimum atomic E-state index is -0.213. The number of carbonyl (C=O) groups excluding carboxylic acids is 1. The van der Waals surface area contributed by atoms with Crippen LogP contribution in [-0.2, 0) is 4.74 Å². The minimum Gasteiger partial charge on any atom is -0.376 e. The van der Waals surface area contributed by atoms with Crippen LogP contribution in [0.5, 0.6) is 0 Å². The van der Waals surface area contributed by atoms with Crippen LogP contribution in [0.3, 0.4) is 0 Å². The van der Waals surface area contributed by atoms with E-state index in [0.29, 0.717) is 18.1 Å². The fourth-order valence-electron chi connectivity index (χ4n) is 3.77. The Bertz CT molecular complexity index is 795. The summed E-state index contributed by atoms with van der Waals surface area (Å²) in [6, 6.07) is 8.04. The van der Waals surface area contributed by atoms with Gasteiger partial charge in [0.25, 0.3) is 5.91 Å². The zero-order chi connectivity index (χ0) is 20.1. The van der Waals surface area contributed by atoms with Gasteiger partial charge in [-0.2, -0.15) is 0 Å². The van der Waals surface area contributed by atoms with Crippen LogP contribution in [0.1, 0.15) is 43.0 Å². The fourth-order valence-corrected chi connectivity index (χ4v) is 3.77. The summed E-state index contributed by atoms with van der Waals surface area (Å²) in [6.07, 6.45) is 7.94. The van der Waals surface area contributed by atoms with Crippen molar-refractivity contribution >= 4 is 23.2 Å². The summed E-state index contributed by atoms with van der Waals surface area (Å²) in [5.74, 6) is 1.11. The number of anilines is 3. The van der Waals surface area contributed by atoms with Crippen molar-refractivity contribution in [2.45, 2.75) is 38.7 Å². The van der Waals surface area contributed by atoms with Gasteiger partial charge in [-0.05, 0) is 55.9 Å². The summed E-state index contributed by atoms with van der Waals surface area (Å²) >= 11 is 0. The normalized spacial score (nSPS) is 19.9. The van der Waals surface area contributed by atoms with Crippen LogP contribution in [0, 0.1) is 5.92 Å². The zero-order valence-corrected chi connectivity index (χ0v) is 16.9. The summed E-state index contributed by atoms with van der Waals surface area (Å²) in [4.78, 5) is 23.4. The lowest BCUT2D eigenvalue weighted by Gasteiger charge is -2.32. The molecule has 1 amide bonds. The van der Waals surface area contributed by atoms with Gasteiger partial charge in [0.2, 0.25) is 5.95 Å². The maximum Gasteiger partial charge on any atom is 0.258 e. The number of carbonyl (C=O) groups is 1. The first kappa shape index (κ1) is 19.6. The minimum absolute atomic E-state index is 0.213. The predicted molar refractivity (Wildman–Crippen MR) is 115 cm³/mol. The maximum absolute atomic E-state index is 12.5. The van der Waals surface area contributed by atoms with Gasteiger partial charge in [-0.1, -0.05) is 6.92 Å². The number of benzene rings is 1. The first-order valence-electron chi connectivity index (χ1n) is 10.5. The van der Waals surface area contributed by atoms with Gasteiger partial charge in [-0.3, -0.25) is 4.79 Å². The molecule has 2 fully saturated rings. The molecule has 7 heteroatoms. The summed E-state index contributed by atoms with van der Waals surface area (Å²) in [7, 11) is 0. The molecule has 3 heterocycles. The highest BCUT2D eigenvalue weighted by Gasteiger charge is 2.17. The Labute approximate surface area is 171 Å². The Hall–Kier alpha value is -2.67. The molecule has 29 heavy (non-hydrogen) atoms. The summed E-state index contributed by atoms with van der Waals surface area (Å²) in [5.41, 5.74) is 2.41. The van der Waals surface area contributed by atoms with E-state index in [4.69, 9.17) is 4.74 Å². The standard InChI is InChI=1S/C22H29N5O2/c1-16-8-10-27(11-9-16)19-6-4-18(5-7-19)26-21(28)17-13-23-22(24-14-17)25-15-20-3-2-12-29-20/h4-7,13-14,16,20H,2-3,8-12,15H2,1H3,(H,26,28)(H,23,24,25). The van der Waals surface area contributed by atoms with Crippen LogP contribution in [0.15, 0.2) is 36.7 Å². The lowest BCUT2D eigenvalue weighted by atomic mass is 9.99. The number of rotatable bonds is 6. The van der Waals surface area contributed by atoms with Crippen molar-refractivity contribution in [2.75, 3.05) is 41.8 Å². The SMILES string of the molecule is CC1CCN(c2ccc(NC(=O)c3cnc(NCC4CCCO4)nc3)cc2)CC1. The first-order valence-corrected chi connectivity index (χ1v) is 10.5. The van der Waals surface area contributed by atoms with Crippen molar-refractivity contribution in [1.82, 2.24) is 9.97 Å². The van der Waals surface area contributed by atoms with Crippen LogP contribution in [0.4, 0.5) is 17.3 Å². The Morgan fingerprint density at radius 3 is 2.52 bits per heavy atom. The Balaban J connectivity index is 1.29. The number of nitrogens with one attached hydrogen (secondary N) is 2. The Morgan fingerprint density at radius 1 is 1.14 bits per heavy atom. The second-order valence-corrected chi connectivity index (χ2v) is 7.98. The van der Waals surface area contributed by atoms with Gasteiger partial charge in [0.1, 0.15) is 0 Å². The van der Waals surface area contributed by atoms with Crippen LogP contribution in [0.25, 0.3) is 0 Å². The van der Waals surface area contributed by atoms with Gasteiger partial charge in [0.05, 0.1) is 11.7 Å². The molecule has 2 saturated heterocycles. The third-order valence-electron chi connectivity index (χ3n) is 5.70. The van der Waals surface area contributed by atoms with E-state index in [2.05, 4.69) is 44.6 Å². The van der Waals surface area contributed by atoms with Crippen molar-refractivity contribution in [2.24, 2.45) is 5.92 Å². The van der Waals surface area contributed by atoms with E-state index in [1.165, 1.54) is 18.5 Å². The first-order chi connectivity index (χ1) is 14.2. The molecule has 0 bridgehead atoms. The van der Waals surface area contributed by atoms with Crippen LogP contribution in [0.2, 0.25) is 0 Å². The predicted octanol–water partition coefficient (Wildman–Crippen LogP) is 3.56. The third kappa shape index (κ3) is 5.23. The molecule has 1 aromatic heterocycles. The van der Waals surface area contributed by atoms with Gasteiger partial charge in [-0.25, -0.2) is 9.97 Å². The van der Waals surface area contributed by atoms with Crippen LogP contribution < -0.4 is 15.5 Å². The molecule has 2 N–H and O–H groups in total. The molecule has 0 spiro atoms. The highest BCUT2D eigenvalue weighted by atomic mass is 16.5. The maximum atomic E-state index is 12.5. The molecule has 0 radical (unpaired) electrons. The van der Waals surface area contributed by atoms with E-state index in [9.17, 15) is 4.79 Å². The van der Waals surface area contributed by atoms with Gasteiger partial charge < -0.3 is 20.3 Å². The van der Waals surface area contributed by atoms with Crippen molar-refractivity contribution in [3.63, 3.8) is 0 Å². The lowest BCUT2D eigenvalue weighted by molar-refractivity contribution is 0.102. The number of amides is 1. The average Bonchev–Trinajstić information content (AvgIpc) is 3.27. The highest BCUT2D eigenvalue weighted by molar-refractivity contribution is 6.03. The number of aromatic nitrogens is 2. The third-order valence-corrected chi connectivity index (χ3v) is 5.70. The van der Waals surface area contributed by atoms with E-state index in [1.807, 2.05) is 12.1 Å². The molecule has 2 aliphatic rings. The van der Waals surface area contributed by atoms with Crippen molar-refractivity contribution in [1.29, 1.82) is 0 Å². The van der Waals surface area contributed by atoms with E-state index < -0.39 is 0 Å². The van der Waals surface area contributed by atoms with Gasteiger partial charge in [0.15, 0.2) is 0 Å². The molecule has 2 aromatic rings. The molecule has 7 nitrogen and oxygen atoms in total. The van der Waals surface area contributed by atoms with Crippen molar-refractivity contribution < 1.29 is 9.53 Å². The highest BCUT2D eigenvalue weighted by Crippen LogP contribution is 2.24. The number of piperidine rings is 1. The van der Waals surface area contributed by atoms with E-state index in [-0.39, 0.29) is 12.0 Å². The molecule has 0 aliphatic carbocycles. The summed E-state index contributed by atoms with van der Waals surface area (Å²) in [6.45, 7) is 6.01. The molecule has 1 aromatic carbocycles. The molecular weight excluding hydrogens is 366 g/mol. The topological polar surface area (TPSA) is 79.4 Å². The zero-order valence-electron chi connectivity index (χ0n) is 16.9. The van der Waals surface area contributed by atoms with Crippen LogP contribution >= 0.6 is 0 Å². The summed E-state index contributed by atoms with van der Waals surface area (Å²) in [5, 5.41) is 6.07. The summed E-state index contributed by atoms with van der Waals surface area (Å²) < 4.78 is 5.57. The monoisotopic (exact) mass is 395 g/mol. The van der Waals surface area contributed by atoms with E-state index >= 15 is 0 Å². The second-order valence-electron chi connectivity index (χ2n) is 7.98. The molecule has 2 aliphatic heterocycles. The van der Waals surface area contributed by atoms with Gasteiger partial charge in [0, 0.05) is 50.0 Å². The van der Waals surface area contributed by atoms with E-state index in [0.717, 1.165) is 44.1 Å². The number of hydrogen-bond donors (Lipinski definition) is 2. The largest absolute Gasteiger partial charge is 0.376 e. The second kappa shape index (κ2) is 9.22. The van der Waals surface area contributed by atoms with Crippen molar-refractivity contribution in [3.8, 4) is 0 Å². The van der Waals surface area contributed by atoms with Crippen molar-refractivity contribution in [3.05, 3.63) is 42.2 Å². The quantitative estimate of drug-likeness (QED) is 0.779. The molecule has 1 atom stereocenters. The van der Waals surface area contributed by atoms with Crippen LogP contribution in [-0.4, -0.2) is 48.2 Å². The lowest BCUT2D eigenvalue weighted by Crippen LogP contribution is -2.32. The Morgan fingerprint density at radius 2 is 1.86 bits per heavy atom. The Kier molecular flexibility index (Phi) is 6.24. The molecule has 1 unspecified atom stereocenters. The van der Waals surface area contributed by atoms with Gasteiger partial charge >= 0.3 is 0 Å². The average molecular weight is 396 g/mol. The van der Waals surface area contributed by atoms with Gasteiger partial charge in [-0.15, -0.1) is 0 Å². The molecule has 0 saturated carbocycles. The fraction of sp³-hybridized carbons (Fsp3) is 0.500. The smallest absolute Gasteiger partial charge is 0.258 e. The number of hydrogen-bond acceptors (Lipinski definition) is 6. The molecular formula is C22H29N5O2. The number of ether oxygens (including phenoxy) is 1. The number of nitrogens with zero attached hydrogens (tertiary/aromatic N) is 3. The van der Waals surface area contributed by atoms with E-state index in [1.54, 1.807) is 12.4 Å². The molecule has 4 rings (SSSR count). The molecule has 154 valence electrons.